The van der Waals surface area contributed by atoms with Gasteiger partial charge in [-0.1, -0.05) is 35.8 Å². The highest BCUT2D eigenvalue weighted by molar-refractivity contribution is 9.10. The molecular formula is C14H17BrN2O2. The summed E-state index contributed by atoms with van der Waals surface area (Å²) in [5.41, 5.74) is -0.877. The fourth-order valence-electron chi connectivity index (χ4n) is 1.33. The van der Waals surface area contributed by atoms with Crippen molar-refractivity contribution in [2.75, 3.05) is 6.61 Å². The highest BCUT2D eigenvalue weighted by Gasteiger charge is 2.29. The molecule has 0 saturated carbocycles. The average Bonchev–Trinajstić information content (AvgIpc) is 2.36. The number of amides is 1. The zero-order valence-electron chi connectivity index (χ0n) is 11.2. The predicted octanol–water partition coefficient (Wildman–Crippen LogP) is 2.88. The first-order chi connectivity index (χ1) is 8.87. The second-order valence-corrected chi connectivity index (χ2v) is 5.68. The molecule has 1 amide bonds. The quantitative estimate of drug-likeness (QED) is 0.905. The number of carbonyl (C=O) groups is 1. The van der Waals surface area contributed by atoms with Gasteiger partial charge in [0.25, 0.3) is 5.91 Å². The Morgan fingerprint density at radius 3 is 2.79 bits per heavy atom. The molecule has 4 nitrogen and oxygen atoms in total. The largest absolute Gasteiger partial charge is 0.484 e. The maximum absolute atomic E-state index is 11.8. The second kappa shape index (κ2) is 6.58. The first-order valence-electron chi connectivity index (χ1n) is 5.98. The molecule has 19 heavy (non-hydrogen) atoms. The molecule has 0 bridgehead atoms. The van der Waals surface area contributed by atoms with Gasteiger partial charge in [-0.2, -0.15) is 5.26 Å². The summed E-state index contributed by atoms with van der Waals surface area (Å²) in [5, 5.41) is 11.8. The van der Waals surface area contributed by atoms with E-state index >= 15 is 0 Å². The summed E-state index contributed by atoms with van der Waals surface area (Å²) < 4.78 is 6.25. The molecule has 0 radical (unpaired) electrons. The molecule has 0 aliphatic rings. The molecule has 1 aromatic rings. The molecule has 0 heterocycles. The lowest BCUT2D eigenvalue weighted by Gasteiger charge is -2.27. The van der Waals surface area contributed by atoms with Gasteiger partial charge >= 0.3 is 0 Å². The van der Waals surface area contributed by atoms with Gasteiger partial charge in [0.1, 0.15) is 11.3 Å². The van der Waals surface area contributed by atoms with Gasteiger partial charge in [-0.3, -0.25) is 4.79 Å². The van der Waals surface area contributed by atoms with Crippen LogP contribution < -0.4 is 10.1 Å². The van der Waals surface area contributed by atoms with Crippen LogP contribution in [0, 0.1) is 17.2 Å². The minimum Gasteiger partial charge on any atom is -0.484 e. The van der Waals surface area contributed by atoms with Crippen LogP contribution in [0.5, 0.6) is 5.75 Å². The lowest BCUT2D eigenvalue weighted by Crippen LogP contribution is -2.50. The smallest absolute Gasteiger partial charge is 0.259 e. The second-order valence-electron chi connectivity index (χ2n) is 4.76. The van der Waals surface area contributed by atoms with E-state index in [0.29, 0.717) is 5.75 Å². The summed E-state index contributed by atoms with van der Waals surface area (Å²) in [5.74, 6) is 0.317. The summed E-state index contributed by atoms with van der Waals surface area (Å²) in [6, 6.07) is 9.36. The molecule has 1 rings (SSSR count). The van der Waals surface area contributed by atoms with Gasteiger partial charge in [0.05, 0.1) is 6.07 Å². The van der Waals surface area contributed by atoms with E-state index in [1.54, 1.807) is 19.1 Å². The van der Waals surface area contributed by atoms with Crippen LogP contribution in [-0.2, 0) is 4.79 Å². The van der Waals surface area contributed by atoms with Gasteiger partial charge < -0.3 is 10.1 Å². The van der Waals surface area contributed by atoms with Crippen molar-refractivity contribution in [3.8, 4) is 11.8 Å². The van der Waals surface area contributed by atoms with Crippen molar-refractivity contribution in [3.63, 3.8) is 0 Å². The molecule has 1 N–H and O–H groups in total. The molecular weight excluding hydrogens is 308 g/mol. The third kappa shape index (κ3) is 4.56. The van der Waals surface area contributed by atoms with Crippen LogP contribution in [0.2, 0.25) is 0 Å². The number of ether oxygens (including phenoxy) is 1. The van der Waals surface area contributed by atoms with Gasteiger partial charge in [-0.25, -0.2) is 0 Å². The summed E-state index contributed by atoms with van der Waals surface area (Å²) >= 11 is 3.32. The van der Waals surface area contributed by atoms with Crippen molar-refractivity contribution >= 4 is 21.8 Å². The van der Waals surface area contributed by atoms with E-state index in [2.05, 4.69) is 27.3 Å². The van der Waals surface area contributed by atoms with Crippen molar-refractivity contribution in [3.05, 3.63) is 28.7 Å². The van der Waals surface area contributed by atoms with Gasteiger partial charge in [0.2, 0.25) is 0 Å². The van der Waals surface area contributed by atoms with E-state index in [0.717, 1.165) is 4.47 Å². The van der Waals surface area contributed by atoms with Crippen LogP contribution in [0.4, 0.5) is 0 Å². The van der Waals surface area contributed by atoms with Crippen LogP contribution in [-0.4, -0.2) is 18.1 Å². The SMILES string of the molecule is CC(C)[C@](C)(C#N)NC(=O)COc1cccc(Br)c1. The number of nitrogens with one attached hydrogen (secondary N) is 1. The molecule has 1 atom stereocenters. The zero-order valence-corrected chi connectivity index (χ0v) is 12.8. The molecule has 0 aliphatic carbocycles. The van der Waals surface area contributed by atoms with E-state index in [9.17, 15) is 4.79 Å². The van der Waals surface area contributed by atoms with E-state index in [1.807, 2.05) is 26.0 Å². The number of carbonyl (C=O) groups excluding carboxylic acids is 1. The minimum absolute atomic E-state index is 0.0207. The number of benzene rings is 1. The third-order valence-electron chi connectivity index (χ3n) is 2.95. The molecule has 0 fully saturated rings. The van der Waals surface area contributed by atoms with Crippen molar-refractivity contribution in [2.24, 2.45) is 5.92 Å². The Hall–Kier alpha value is -1.54. The van der Waals surface area contributed by atoms with Crippen molar-refractivity contribution in [1.82, 2.24) is 5.32 Å². The van der Waals surface area contributed by atoms with E-state index < -0.39 is 5.54 Å². The van der Waals surface area contributed by atoms with Crippen LogP contribution in [0.25, 0.3) is 0 Å². The Morgan fingerprint density at radius 2 is 2.26 bits per heavy atom. The van der Waals surface area contributed by atoms with Crippen LogP contribution in [0.15, 0.2) is 28.7 Å². The fraction of sp³-hybridized carbons (Fsp3) is 0.429. The standard InChI is InChI=1S/C14H17BrN2O2/c1-10(2)14(3,9-16)17-13(18)8-19-12-6-4-5-11(15)7-12/h4-7,10H,8H2,1-3H3,(H,17,18)/t14-/m0/s1. The molecule has 0 saturated heterocycles. The molecule has 0 spiro atoms. The van der Waals surface area contributed by atoms with Crippen LogP contribution >= 0.6 is 15.9 Å². The van der Waals surface area contributed by atoms with E-state index in [-0.39, 0.29) is 18.4 Å². The van der Waals surface area contributed by atoms with E-state index in [1.165, 1.54) is 0 Å². The first-order valence-corrected chi connectivity index (χ1v) is 6.77. The van der Waals surface area contributed by atoms with Gasteiger partial charge in [0, 0.05) is 4.47 Å². The summed E-state index contributed by atoms with van der Waals surface area (Å²) in [7, 11) is 0. The topological polar surface area (TPSA) is 62.1 Å². The Bertz CT molecular complexity index is 496. The van der Waals surface area contributed by atoms with E-state index in [4.69, 9.17) is 10.00 Å². The van der Waals surface area contributed by atoms with Gasteiger partial charge in [-0.05, 0) is 31.0 Å². The lowest BCUT2D eigenvalue weighted by atomic mass is 9.90. The molecule has 102 valence electrons. The van der Waals surface area contributed by atoms with Crippen molar-refractivity contribution in [2.45, 2.75) is 26.3 Å². The normalized spacial score (nSPS) is 13.5. The number of hydrogen-bond acceptors (Lipinski definition) is 3. The Labute approximate surface area is 121 Å². The van der Waals surface area contributed by atoms with Crippen molar-refractivity contribution < 1.29 is 9.53 Å². The summed E-state index contributed by atoms with van der Waals surface area (Å²) in [4.78, 5) is 11.8. The molecule has 5 heteroatoms. The molecule has 0 aromatic heterocycles. The zero-order chi connectivity index (χ0) is 14.5. The Kier molecular flexibility index (Phi) is 5.37. The Morgan fingerprint density at radius 1 is 1.58 bits per heavy atom. The van der Waals surface area contributed by atoms with Gasteiger partial charge in [-0.15, -0.1) is 0 Å². The molecule has 1 aromatic carbocycles. The maximum Gasteiger partial charge on any atom is 0.259 e. The Balaban J connectivity index is 2.55. The molecule has 0 aliphatic heterocycles. The minimum atomic E-state index is -0.877. The lowest BCUT2D eigenvalue weighted by molar-refractivity contribution is -0.124. The predicted molar refractivity (Wildman–Crippen MR) is 76.6 cm³/mol. The fourth-order valence-corrected chi connectivity index (χ4v) is 1.71. The number of nitrogens with zero attached hydrogens (tertiary/aromatic N) is 1. The van der Waals surface area contributed by atoms with Crippen LogP contribution in [0.3, 0.4) is 0 Å². The monoisotopic (exact) mass is 324 g/mol. The highest BCUT2D eigenvalue weighted by Crippen LogP contribution is 2.18. The summed E-state index contributed by atoms with van der Waals surface area (Å²) in [6.45, 7) is 5.37. The van der Waals surface area contributed by atoms with Crippen LogP contribution in [0.1, 0.15) is 20.8 Å². The summed E-state index contributed by atoms with van der Waals surface area (Å²) in [6.07, 6.45) is 0. The molecule has 0 unspecified atom stereocenters. The number of halogens is 1. The average molecular weight is 325 g/mol. The van der Waals surface area contributed by atoms with Gasteiger partial charge in [0.15, 0.2) is 6.61 Å². The first kappa shape index (κ1) is 15.5. The number of nitriles is 1. The highest BCUT2D eigenvalue weighted by atomic mass is 79.9. The third-order valence-corrected chi connectivity index (χ3v) is 3.45. The number of rotatable bonds is 5. The van der Waals surface area contributed by atoms with Crippen molar-refractivity contribution in [1.29, 1.82) is 5.26 Å². The maximum atomic E-state index is 11.8. The number of hydrogen-bond donors (Lipinski definition) is 1.